The first-order chi connectivity index (χ1) is 19.7. The van der Waals surface area contributed by atoms with Crippen LogP contribution in [0.3, 0.4) is 0 Å². The number of rotatable bonds is 11. The van der Waals surface area contributed by atoms with Gasteiger partial charge in [0.15, 0.2) is 0 Å². The summed E-state index contributed by atoms with van der Waals surface area (Å²) in [6.45, 7) is 9.00. The second-order valence-electron chi connectivity index (χ2n) is 10.6. The molecule has 3 aromatic rings. The normalized spacial score (nSPS) is 15.6. The van der Waals surface area contributed by atoms with Crippen molar-refractivity contribution in [2.24, 2.45) is 5.92 Å². The fraction of sp³-hybridized carbons (Fsp3) is 0.333. The van der Waals surface area contributed by atoms with Crippen LogP contribution in [0, 0.1) is 5.92 Å². The SMILES string of the molecule is C/C=C(\C(Cl)=C/C(C)Cl)c1cn(-c2cccc(N3CCC(=O)NS3)c2)c(Cc2ccc(/C=C/CCC(C)C)cc2)n1. The van der Waals surface area contributed by atoms with Crippen molar-refractivity contribution in [1.29, 1.82) is 0 Å². The fourth-order valence-corrected chi connectivity index (χ4v) is 5.86. The molecule has 4 rings (SSSR count). The van der Waals surface area contributed by atoms with E-state index in [-0.39, 0.29) is 11.3 Å². The zero-order valence-electron chi connectivity index (χ0n) is 24.1. The second kappa shape index (κ2) is 14.8. The average Bonchev–Trinajstić information content (AvgIpc) is 3.35. The number of nitrogens with one attached hydrogen (secondary N) is 1. The molecule has 1 aliphatic heterocycles. The van der Waals surface area contributed by atoms with E-state index in [1.807, 2.05) is 38.3 Å². The Bertz CT molecular complexity index is 1410. The van der Waals surface area contributed by atoms with E-state index in [9.17, 15) is 4.79 Å². The highest BCUT2D eigenvalue weighted by Crippen LogP contribution is 2.31. The van der Waals surface area contributed by atoms with Gasteiger partial charge in [-0.05, 0) is 68.0 Å². The van der Waals surface area contributed by atoms with Crippen LogP contribution in [0.2, 0.25) is 0 Å². The number of amides is 1. The van der Waals surface area contributed by atoms with Crippen LogP contribution in [0.1, 0.15) is 69.6 Å². The van der Waals surface area contributed by atoms with E-state index in [0.717, 1.165) is 34.9 Å². The van der Waals surface area contributed by atoms with Gasteiger partial charge in [-0.2, -0.15) is 0 Å². The summed E-state index contributed by atoms with van der Waals surface area (Å²) in [7, 11) is 0. The number of halogens is 2. The number of imidazole rings is 1. The summed E-state index contributed by atoms with van der Waals surface area (Å²) >= 11 is 14.2. The molecule has 1 saturated heterocycles. The summed E-state index contributed by atoms with van der Waals surface area (Å²) in [5, 5.41) is 0.380. The number of carbonyl (C=O) groups excluding carboxylic acids is 1. The van der Waals surface area contributed by atoms with Crippen LogP contribution in [0.25, 0.3) is 17.3 Å². The summed E-state index contributed by atoms with van der Waals surface area (Å²) in [6.07, 6.45) is 13.7. The summed E-state index contributed by atoms with van der Waals surface area (Å²) in [6, 6.07) is 16.9. The van der Waals surface area contributed by atoms with Crippen LogP contribution < -0.4 is 9.03 Å². The molecule has 41 heavy (non-hydrogen) atoms. The van der Waals surface area contributed by atoms with Crippen molar-refractivity contribution in [2.45, 2.75) is 58.8 Å². The minimum absolute atomic E-state index is 0.0519. The van der Waals surface area contributed by atoms with E-state index in [0.29, 0.717) is 30.3 Å². The molecule has 0 bridgehead atoms. The zero-order valence-corrected chi connectivity index (χ0v) is 26.4. The number of carbonyl (C=O) groups is 1. The van der Waals surface area contributed by atoms with E-state index in [4.69, 9.17) is 28.2 Å². The first kappa shape index (κ1) is 31.0. The molecule has 0 spiro atoms. The first-order valence-corrected chi connectivity index (χ1v) is 15.7. The molecule has 2 heterocycles. The van der Waals surface area contributed by atoms with E-state index in [1.165, 1.54) is 29.7 Å². The first-order valence-electron chi connectivity index (χ1n) is 14.1. The molecule has 5 nitrogen and oxygen atoms in total. The third kappa shape index (κ3) is 8.78. The van der Waals surface area contributed by atoms with E-state index in [1.54, 1.807) is 0 Å². The predicted octanol–water partition coefficient (Wildman–Crippen LogP) is 8.96. The Morgan fingerprint density at radius 3 is 2.56 bits per heavy atom. The van der Waals surface area contributed by atoms with Crippen molar-refractivity contribution >= 4 is 58.6 Å². The maximum atomic E-state index is 11.7. The van der Waals surface area contributed by atoms with Crippen molar-refractivity contribution < 1.29 is 4.79 Å². The quantitative estimate of drug-likeness (QED) is 0.134. The Kier molecular flexibility index (Phi) is 11.2. The molecule has 216 valence electrons. The van der Waals surface area contributed by atoms with Gasteiger partial charge in [0.1, 0.15) is 5.82 Å². The Hall–Kier alpha value is -2.93. The monoisotopic (exact) mass is 608 g/mol. The van der Waals surface area contributed by atoms with Gasteiger partial charge in [-0.25, -0.2) is 4.98 Å². The Labute approximate surface area is 258 Å². The van der Waals surface area contributed by atoms with Crippen LogP contribution in [-0.4, -0.2) is 27.4 Å². The van der Waals surface area contributed by atoms with Gasteiger partial charge in [0.2, 0.25) is 5.91 Å². The number of benzene rings is 2. The smallest absolute Gasteiger partial charge is 0.232 e. The third-order valence-corrected chi connectivity index (χ3v) is 8.14. The van der Waals surface area contributed by atoms with Gasteiger partial charge in [-0.3, -0.25) is 13.8 Å². The summed E-state index contributed by atoms with van der Waals surface area (Å²) in [4.78, 5) is 16.7. The fourth-order valence-electron chi connectivity index (χ4n) is 4.56. The molecule has 0 aliphatic carbocycles. The molecule has 1 aromatic heterocycles. The molecule has 8 heteroatoms. The van der Waals surface area contributed by atoms with Crippen molar-refractivity contribution in [3.05, 3.63) is 101 Å². The van der Waals surface area contributed by atoms with Crippen molar-refractivity contribution in [1.82, 2.24) is 14.3 Å². The van der Waals surface area contributed by atoms with Crippen molar-refractivity contribution in [3.63, 3.8) is 0 Å². The minimum atomic E-state index is -0.198. The molecule has 1 amide bonds. The number of anilines is 1. The number of aromatic nitrogens is 2. The van der Waals surface area contributed by atoms with E-state index >= 15 is 0 Å². The highest BCUT2D eigenvalue weighted by molar-refractivity contribution is 7.99. The summed E-state index contributed by atoms with van der Waals surface area (Å²) in [5.41, 5.74) is 6.00. The van der Waals surface area contributed by atoms with E-state index < -0.39 is 0 Å². The maximum absolute atomic E-state index is 11.7. The molecule has 1 fully saturated rings. The standard InChI is InChI=1S/C33H38Cl2N4OS/c1-5-29(30(35)19-24(4)34)31-22-38(27-11-8-12-28(21-27)39-18-17-33(40)37-41-39)32(36-31)20-26-15-13-25(14-16-26)10-7-6-9-23(2)3/h5,7-8,10-16,19,21-24H,6,9,17-18,20H2,1-4H3,(H,37,40)/b10-7+,29-5+,30-19+. The van der Waals surface area contributed by atoms with E-state index in [2.05, 4.69) is 82.1 Å². The van der Waals surface area contributed by atoms with Crippen LogP contribution in [0.4, 0.5) is 5.69 Å². The predicted molar refractivity (Wildman–Crippen MR) is 177 cm³/mol. The Morgan fingerprint density at radius 1 is 1.15 bits per heavy atom. The zero-order chi connectivity index (χ0) is 29.4. The van der Waals surface area contributed by atoms with Gasteiger partial charge < -0.3 is 4.57 Å². The lowest BCUT2D eigenvalue weighted by molar-refractivity contribution is -0.119. The lowest BCUT2D eigenvalue weighted by Gasteiger charge is -2.27. The molecule has 0 saturated carbocycles. The summed E-state index contributed by atoms with van der Waals surface area (Å²) < 4.78 is 7.07. The van der Waals surface area contributed by atoms with Crippen LogP contribution in [0.15, 0.2) is 78.0 Å². The van der Waals surface area contributed by atoms with Gasteiger partial charge in [0.25, 0.3) is 0 Å². The molecule has 2 aromatic carbocycles. The number of hydrogen-bond donors (Lipinski definition) is 1. The Balaban J connectivity index is 1.66. The molecule has 1 N–H and O–H groups in total. The Morgan fingerprint density at radius 2 is 1.90 bits per heavy atom. The number of allylic oxidation sites excluding steroid dienone is 5. The van der Waals surface area contributed by atoms with Gasteiger partial charge in [0.05, 0.1) is 28.9 Å². The van der Waals surface area contributed by atoms with Gasteiger partial charge in [0, 0.05) is 41.9 Å². The lowest BCUT2D eigenvalue weighted by atomic mass is 10.1. The van der Waals surface area contributed by atoms with Gasteiger partial charge in [-0.15, -0.1) is 11.6 Å². The molecule has 1 unspecified atom stereocenters. The number of alkyl halides is 1. The summed E-state index contributed by atoms with van der Waals surface area (Å²) in [5.74, 6) is 1.67. The van der Waals surface area contributed by atoms with Crippen molar-refractivity contribution in [3.8, 4) is 5.69 Å². The van der Waals surface area contributed by atoms with Gasteiger partial charge >= 0.3 is 0 Å². The second-order valence-corrected chi connectivity index (χ2v) is 12.5. The molecule has 0 radical (unpaired) electrons. The molecule has 1 aliphatic rings. The maximum Gasteiger partial charge on any atom is 0.232 e. The largest absolute Gasteiger partial charge is 0.303 e. The van der Waals surface area contributed by atoms with Crippen LogP contribution in [0.5, 0.6) is 0 Å². The average molecular weight is 610 g/mol. The van der Waals surface area contributed by atoms with Gasteiger partial charge in [-0.1, -0.05) is 74.0 Å². The molecular formula is C33H38Cl2N4OS. The van der Waals surface area contributed by atoms with Crippen LogP contribution in [-0.2, 0) is 11.2 Å². The van der Waals surface area contributed by atoms with Crippen LogP contribution >= 0.6 is 35.3 Å². The highest BCUT2D eigenvalue weighted by atomic mass is 35.5. The lowest BCUT2D eigenvalue weighted by Crippen LogP contribution is -2.34. The molecular weight excluding hydrogens is 571 g/mol. The highest BCUT2D eigenvalue weighted by Gasteiger charge is 2.19. The third-order valence-electron chi connectivity index (χ3n) is 6.75. The number of nitrogens with zero attached hydrogens (tertiary/aromatic N) is 3. The molecule has 1 atom stereocenters. The van der Waals surface area contributed by atoms with Crippen molar-refractivity contribution in [2.75, 3.05) is 10.8 Å². The minimum Gasteiger partial charge on any atom is -0.303 e. The topological polar surface area (TPSA) is 50.2 Å². The number of hydrogen-bond acceptors (Lipinski definition) is 4.